The fourth-order valence-corrected chi connectivity index (χ4v) is 2.99. The molecule has 0 fully saturated rings. The van der Waals surface area contributed by atoms with Gasteiger partial charge in [0, 0.05) is 0 Å². The monoisotopic (exact) mass is 295 g/mol. The third-order valence-electron chi connectivity index (χ3n) is 2.68. The number of H-pyrrole nitrogens is 1. The zero-order chi connectivity index (χ0) is 14.8. The molecule has 2 rings (SSSR count). The number of nitrogens with zero attached hydrogens (tertiary/aromatic N) is 1. The summed E-state index contributed by atoms with van der Waals surface area (Å²) in [5, 5.41) is 15.0. The number of sulfonamides is 1. The predicted octanol–water partition coefficient (Wildman–Crippen LogP) is 1.15. The van der Waals surface area contributed by atoms with Crippen LogP contribution in [0.2, 0.25) is 0 Å². The topological polar surface area (TPSA) is 112 Å². The number of hydrogen-bond acceptors (Lipinski definition) is 4. The molecule has 3 N–H and O–H groups in total. The van der Waals surface area contributed by atoms with Crippen LogP contribution in [0.5, 0.6) is 0 Å². The molecule has 1 aromatic heterocycles. The number of carbonyl (C=O) groups is 1. The second kappa shape index (κ2) is 5.33. The Hall–Kier alpha value is -2.35. The number of nitrogens with one attached hydrogen (secondary N) is 2. The number of aromatic amines is 1. The lowest BCUT2D eigenvalue weighted by molar-refractivity contribution is -0.136. The summed E-state index contributed by atoms with van der Waals surface area (Å²) in [6.45, 7) is 1.59. The first kappa shape index (κ1) is 14.1. The Morgan fingerprint density at radius 2 is 2.10 bits per heavy atom. The SMILES string of the molecule is Cc1[nH]ncc1S(=O)(=O)Nc1ccccc1CC(=O)O. The Kier molecular flexibility index (Phi) is 3.75. The van der Waals surface area contributed by atoms with Crippen LogP contribution in [-0.2, 0) is 21.2 Å². The molecule has 0 aliphatic rings. The number of hydrogen-bond donors (Lipinski definition) is 3. The van der Waals surface area contributed by atoms with Gasteiger partial charge in [0.2, 0.25) is 0 Å². The summed E-state index contributed by atoms with van der Waals surface area (Å²) in [7, 11) is -3.80. The van der Waals surface area contributed by atoms with Crippen molar-refractivity contribution in [1.82, 2.24) is 10.2 Å². The van der Waals surface area contributed by atoms with Crippen LogP contribution in [-0.4, -0.2) is 29.7 Å². The number of aliphatic carboxylic acids is 1. The molecule has 1 heterocycles. The number of para-hydroxylation sites is 1. The maximum atomic E-state index is 12.2. The highest BCUT2D eigenvalue weighted by Crippen LogP contribution is 2.21. The molecule has 0 saturated carbocycles. The van der Waals surface area contributed by atoms with Gasteiger partial charge in [0.05, 0.1) is 24.0 Å². The van der Waals surface area contributed by atoms with Gasteiger partial charge in [-0.15, -0.1) is 0 Å². The van der Waals surface area contributed by atoms with Gasteiger partial charge in [-0.25, -0.2) is 8.42 Å². The number of rotatable bonds is 5. The zero-order valence-electron chi connectivity index (χ0n) is 10.6. The number of aromatic nitrogens is 2. The highest BCUT2D eigenvalue weighted by molar-refractivity contribution is 7.92. The number of anilines is 1. The van der Waals surface area contributed by atoms with E-state index in [1.807, 2.05) is 0 Å². The van der Waals surface area contributed by atoms with Gasteiger partial charge in [0.1, 0.15) is 4.90 Å². The first-order valence-corrected chi connectivity index (χ1v) is 7.21. The molecule has 1 aromatic carbocycles. The van der Waals surface area contributed by atoms with Crippen molar-refractivity contribution in [2.75, 3.05) is 4.72 Å². The average molecular weight is 295 g/mol. The Labute approximate surface area is 115 Å². The van der Waals surface area contributed by atoms with Crippen molar-refractivity contribution in [1.29, 1.82) is 0 Å². The Bertz CT molecular complexity index is 737. The van der Waals surface area contributed by atoms with Crippen molar-refractivity contribution < 1.29 is 18.3 Å². The minimum Gasteiger partial charge on any atom is -0.481 e. The maximum Gasteiger partial charge on any atom is 0.307 e. The van der Waals surface area contributed by atoms with Gasteiger partial charge in [-0.1, -0.05) is 18.2 Å². The van der Waals surface area contributed by atoms with Crippen molar-refractivity contribution in [2.24, 2.45) is 0 Å². The molecular formula is C12H13N3O4S. The predicted molar refractivity (Wildman–Crippen MR) is 71.9 cm³/mol. The molecule has 2 aromatic rings. The number of carboxylic acid groups (broad SMARTS) is 1. The summed E-state index contributed by atoms with van der Waals surface area (Å²) < 4.78 is 26.8. The van der Waals surface area contributed by atoms with E-state index in [1.165, 1.54) is 12.3 Å². The van der Waals surface area contributed by atoms with E-state index in [0.29, 0.717) is 11.3 Å². The lowest BCUT2D eigenvalue weighted by Gasteiger charge is -2.10. The first-order valence-electron chi connectivity index (χ1n) is 5.72. The molecule has 0 saturated heterocycles. The standard InChI is InChI=1S/C12H13N3O4S/c1-8-11(7-13-14-8)20(18,19)15-10-5-3-2-4-9(10)6-12(16)17/h2-5,7,15H,6H2,1H3,(H,13,14)(H,16,17). The molecule has 106 valence electrons. The Morgan fingerprint density at radius 3 is 2.70 bits per heavy atom. The summed E-state index contributed by atoms with van der Waals surface area (Å²) in [5.41, 5.74) is 1.05. The van der Waals surface area contributed by atoms with Gasteiger partial charge in [0.25, 0.3) is 10.0 Å². The third-order valence-corrected chi connectivity index (χ3v) is 4.16. The smallest absolute Gasteiger partial charge is 0.307 e. The lowest BCUT2D eigenvalue weighted by Crippen LogP contribution is -2.15. The van der Waals surface area contributed by atoms with E-state index < -0.39 is 16.0 Å². The van der Waals surface area contributed by atoms with Crippen molar-refractivity contribution in [3.63, 3.8) is 0 Å². The average Bonchev–Trinajstić information content (AvgIpc) is 2.78. The minimum atomic E-state index is -3.80. The Morgan fingerprint density at radius 1 is 1.40 bits per heavy atom. The molecule has 0 radical (unpaired) electrons. The molecule has 0 spiro atoms. The Balaban J connectivity index is 2.35. The molecule has 20 heavy (non-hydrogen) atoms. The number of aryl methyl sites for hydroxylation is 1. The zero-order valence-corrected chi connectivity index (χ0v) is 11.4. The van der Waals surface area contributed by atoms with Crippen LogP contribution in [0, 0.1) is 6.92 Å². The number of carboxylic acids is 1. The van der Waals surface area contributed by atoms with Gasteiger partial charge in [-0.05, 0) is 18.6 Å². The minimum absolute atomic E-state index is 0.0302. The van der Waals surface area contributed by atoms with Crippen molar-refractivity contribution in [3.8, 4) is 0 Å². The lowest BCUT2D eigenvalue weighted by atomic mass is 10.1. The fourth-order valence-electron chi connectivity index (χ4n) is 1.75. The molecule has 0 atom stereocenters. The van der Waals surface area contributed by atoms with Crippen LogP contribution in [0.15, 0.2) is 35.4 Å². The second-order valence-corrected chi connectivity index (χ2v) is 5.84. The summed E-state index contributed by atoms with van der Waals surface area (Å²) in [5.74, 6) is -1.03. The molecular weight excluding hydrogens is 282 g/mol. The van der Waals surface area contributed by atoms with E-state index in [9.17, 15) is 13.2 Å². The molecule has 0 aliphatic heterocycles. The maximum absolute atomic E-state index is 12.2. The third kappa shape index (κ3) is 2.97. The van der Waals surface area contributed by atoms with E-state index in [0.717, 1.165) is 0 Å². The highest BCUT2D eigenvalue weighted by Gasteiger charge is 2.20. The summed E-state index contributed by atoms with van der Waals surface area (Å²) in [6, 6.07) is 6.37. The van der Waals surface area contributed by atoms with Crippen molar-refractivity contribution >= 4 is 21.7 Å². The van der Waals surface area contributed by atoms with E-state index in [-0.39, 0.29) is 17.0 Å². The van der Waals surface area contributed by atoms with Crippen LogP contribution < -0.4 is 4.72 Å². The van der Waals surface area contributed by atoms with Crippen molar-refractivity contribution in [3.05, 3.63) is 41.7 Å². The van der Waals surface area contributed by atoms with Gasteiger partial charge in [-0.2, -0.15) is 5.10 Å². The van der Waals surface area contributed by atoms with Crippen LogP contribution in [0.1, 0.15) is 11.3 Å². The van der Waals surface area contributed by atoms with E-state index >= 15 is 0 Å². The highest BCUT2D eigenvalue weighted by atomic mass is 32.2. The largest absolute Gasteiger partial charge is 0.481 e. The van der Waals surface area contributed by atoms with Gasteiger partial charge in [0.15, 0.2) is 0 Å². The first-order chi connectivity index (χ1) is 9.40. The summed E-state index contributed by atoms with van der Waals surface area (Å²) in [6.07, 6.45) is 0.945. The second-order valence-electron chi connectivity index (χ2n) is 4.19. The number of benzene rings is 1. The fraction of sp³-hybridized carbons (Fsp3) is 0.167. The van der Waals surface area contributed by atoms with Crippen LogP contribution in [0.25, 0.3) is 0 Å². The van der Waals surface area contributed by atoms with Crippen LogP contribution >= 0.6 is 0 Å². The molecule has 8 heteroatoms. The van der Waals surface area contributed by atoms with Gasteiger partial charge in [-0.3, -0.25) is 14.6 Å². The molecule has 0 amide bonds. The summed E-state index contributed by atoms with van der Waals surface area (Å²) in [4.78, 5) is 10.8. The quantitative estimate of drug-likeness (QED) is 0.766. The van der Waals surface area contributed by atoms with E-state index in [1.54, 1.807) is 25.1 Å². The normalized spacial score (nSPS) is 11.2. The van der Waals surface area contributed by atoms with Gasteiger partial charge >= 0.3 is 5.97 Å². The van der Waals surface area contributed by atoms with Crippen molar-refractivity contribution in [2.45, 2.75) is 18.2 Å². The molecule has 0 aliphatic carbocycles. The van der Waals surface area contributed by atoms with Gasteiger partial charge < -0.3 is 5.11 Å². The molecule has 0 unspecified atom stereocenters. The molecule has 7 nitrogen and oxygen atoms in total. The van der Waals surface area contributed by atoms with E-state index in [2.05, 4.69) is 14.9 Å². The van der Waals surface area contributed by atoms with E-state index in [4.69, 9.17) is 5.11 Å². The summed E-state index contributed by atoms with van der Waals surface area (Å²) >= 11 is 0. The van der Waals surface area contributed by atoms with Crippen LogP contribution in [0.3, 0.4) is 0 Å². The molecule has 0 bridgehead atoms. The van der Waals surface area contributed by atoms with Crippen LogP contribution in [0.4, 0.5) is 5.69 Å².